The van der Waals surface area contributed by atoms with Gasteiger partial charge in [0.05, 0.1) is 6.61 Å². The van der Waals surface area contributed by atoms with Gasteiger partial charge in [0, 0.05) is 21.4 Å². The highest BCUT2D eigenvalue weighted by atomic mass is 127. The first-order valence-electron chi connectivity index (χ1n) is 5.99. The van der Waals surface area contributed by atoms with Crippen LogP contribution in [0.3, 0.4) is 0 Å². The Morgan fingerprint density at radius 1 is 1.06 bits per heavy atom. The number of rotatable bonds is 5. The van der Waals surface area contributed by atoms with Crippen molar-refractivity contribution in [1.82, 2.24) is 0 Å². The predicted molar refractivity (Wildman–Crippen MR) is 84.1 cm³/mol. The lowest BCUT2D eigenvalue weighted by Crippen LogP contribution is -2.03. The summed E-state index contributed by atoms with van der Waals surface area (Å²) in [5.41, 5.74) is 2.31. The Morgan fingerprint density at radius 3 is 2.50 bits per heavy atom. The largest absolute Gasteiger partial charge is 0.494 e. The molecule has 0 unspecified atom stereocenters. The fourth-order valence-corrected chi connectivity index (χ4v) is 2.07. The molecule has 94 valence electrons. The molecule has 2 rings (SSSR count). The molecule has 0 heterocycles. The zero-order valence-corrected chi connectivity index (χ0v) is 12.5. The highest BCUT2D eigenvalue weighted by Gasteiger charge is 2.01. The van der Waals surface area contributed by atoms with Crippen LogP contribution in [0.15, 0.2) is 48.5 Å². The number of hydrogen-bond acceptors (Lipinski definition) is 2. The maximum Gasteiger partial charge on any atom is 0.124 e. The van der Waals surface area contributed by atoms with Gasteiger partial charge in [-0.1, -0.05) is 18.2 Å². The standard InChI is InChI=1S/C15H16INO/c1-2-18-15-6-4-3-5-12(15)11-17-14-9-7-13(16)8-10-14/h3-10,17H,2,11H2,1H3. The van der Waals surface area contributed by atoms with Gasteiger partial charge in [0.15, 0.2) is 0 Å². The summed E-state index contributed by atoms with van der Waals surface area (Å²) in [6.45, 7) is 3.47. The van der Waals surface area contributed by atoms with Gasteiger partial charge >= 0.3 is 0 Å². The summed E-state index contributed by atoms with van der Waals surface area (Å²) >= 11 is 2.30. The van der Waals surface area contributed by atoms with Crippen LogP contribution in [0.2, 0.25) is 0 Å². The first-order valence-corrected chi connectivity index (χ1v) is 7.07. The summed E-state index contributed by atoms with van der Waals surface area (Å²) in [5.74, 6) is 0.956. The first kappa shape index (κ1) is 13.2. The lowest BCUT2D eigenvalue weighted by molar-refractivity contribution is 0.337. The molecule has 0 spiro atoms. The molecular weight excluding hydrogens is 337 g/mol. The third-order valence-electron chi connectivity index (χ3n) is 2.60. The number of halogens is 1. The Kier molecular flexibility index (Phi) is 4.87. The monoisotopic (exact) mass is 353 g/mol. The van der Waals surface area contributed by atoms with E-state index in [1.165, 1.54) is 9.13 Å². The molecule has 2 aromatic rings. The van der Waals surface area contributed by atoms with E-state index in [2.05, 4.69) is 58.2 Å². The van der Waals surface area contributed by atoms with Crippen molar-refractivity contribution in [3.63, 3.8) is 0 Å². The van der Waals surface area contributed by atoms with Crippen LogP contribution in [0.5, 0.6) is 5.75 Å². The van der Waals surface area contributed by atoms with Crippen molar-refractivity contribution >= 4 is 28.3 Å². The molecule has 1 N–H and O–H groups in total. The van der Waals surface area contributed by atoms with Gasteiger partial charge in [-0.15, -0.1) is 0 Å². The zero-order chi connectivity index (χ0) is 12.8. The van der Waals surface area contributed by atoms with Gasteiger partial charge in [-0.3, -0.25) is 0 Å². The quantitative estimate of drug-likeness (QED) is 0.810. The maximum atomic E-state index is 5.60. The summed E-state index contributed by atoms with van der Waals surface area (Å²) < 4.78 is 6.85. The molecule has 0 fully saturated rings. The molecule has 0 aliphatic carbocycles. The Bertz CT molecular complexity index is 496. The van der Waals surface area contributed by atoms with E-state index >= 15 is 0 Å². The van der Waals surface area contributed by atoms with Gasteiger partial charge in [-0.25, -0.2) is 0 Å². The van der Waals surface area contributed by atoms with Crippen LogP contribution in [-0.2, 0) is 6.54 Å². The number of anilines is 1. The summed E-state index contributed by atoms with van der Waals surface area (Å²) in [6, 6.07) is 16.5. The minimum absolute atomic E-state index is 0.695. The molecule has 0 atom stereocenters. The number of hydrogen-bond donors (Lipinski definition) is 1. The number of ether oxygens (including phenoxy) is 1. The second-order valence-corrected chi connectivity index (χ2v) is 5.15. The Hall–Kier alpha value is -1.23. The SMILES string of the molecule is CCOc1ccccc1CNc1ccc(I)cc1. The van der Waals surface area contributed by atoms with Crippen LogP contribution < -0.4 is 10.1 Å². The minimum atomic E-state index is 0.695. The molecule has 0 aromatic heterocycles. The average Bonchev–Trinajstić information content (AvgIpc) is 2.40. The van der Waals surface area contributed by atoms with E-state index in [0.29, 0.717) is 6.61 Å². The van der Waals surface area contributed by atoms with E-state index in [1.807, 2.05) is 25.1 Å². The molecule has 0 amide bonds. The van der Waals surface area contributed by atoms with E-state index in [1.54, 1.807) is 0 Å². The first-order chi connectivity index (χ1) is 8.79. The van der Waals surface area contributed by atoms with Crippen molar-refractivity contribution in [1.29, 1.82) is 0 Å². The summed E-state index contributed by atoms with van der Waals surface area (Å²) in [5, 5.41) is 3.40. The van der Waals surface area contributed by atoms with E-state index in [9.17, 15) is 0 Å². The third-order valence-corrected chi connectivity index (χ3v) is 3.32. The maximum absolute atomic E-state index is 5.60. The molecule has 2 nitrogen and oxygen atoms in total. The van der Waals surface area contributed by atoms with Crippen molar-refractivity contribution in [2.24, 2.45) is 0 Å². The van der Waals surface area contributed by atoms with E-state index in [0.717, 1.165) is 18.0 Å². The fraction of sp³-hybridized carbons (Fsp3) is 0.200. The lowest BCUT2D eigenvalue weighted by Gasteiger charge is -2.11. The van der Waals surface area contributed by atoms with Crippen LogP contribution >= 0.6 is 22.6 Å². The fourth-order valence-electron chi connectivity index (χ4n) is 1.71. The van der Waals surface area contributed by atoms with Crippen molar-refractivity contribution < 1.29 is 4.74 Å². The van der Waals surface area contributed by atoms with Gasteiger partial charge in [0.25, 0.3) is 0 Å². The second-order valence-electron chi connectivity index (χ2n) is 3.90. The van der Waals surface area contributed by atoms with Crippen LogP contribution in [0.4, 0.5) is 5.69 Å². The number of para-hydroxylation sites is 1. The van der Waals surface area contributed by atoms with E-state index in [4.69, 9.17) is 4.74 Å². The molecule has 0 radical (unpaired) electrons. The average molecular weight is 353 g/mol. The Morgan fingerprint density at radius 2 is 1.78 bits per heavy atom. The smallest absolute Gasteiger partial charge is 0.124 e. The molecule has 0 saturated heterocycles. The minimum Gasteiger partial charge on any atom is -0.494 e. The zero-order valence-electron chi connectivity index (χ0n) is 10.3. The Labute approximate surface area is 122 Å². The van der Waals surface area contributed by atoms with Gasteiger partial charge < -0.3 is 10.1 Å². The van der Waals surface area contributed by atoms with Crippen LogP contribution in [-0.4, -0.2) is 6.61 Å². The molecule has 3 heteroatoms. The number of benzene rings is 2. The molecule has 0 aliphatic rings. The van der Waals surface area contributed by atoms with Gasteiger partial charge in [-0.2, -0.15) is 0 Å². The highest BCUT2D eigenvalue weighted by Crippen LogP contribution is 2.20. The molecular formula is C15H16INO. The summed E-state index contributed by atoms with van der Waals surface area (Å²) in [7, 11) is 0. The van der Waals surface area contributed by atoms with Crippen LogP contribution in [0.25, 0.3) is 0 Å². The predicted octanol–water partition coefficient (Wildman–Crippen LogP) is 4.30. The van der Waals surface area contributed by atoms with Crippen molar-refractivity contribution in [3.8, 4) is 5.75 Å². The van der Waals surface area contributed by atoms with Crippen LogP contribution in [0.1, 0.15) is 12.5 Å². The van der Waals surface area contributed by atoms with Gasteiger partial charge in [0.1, 0.15) is 5.75 Å². The molecule has 2 aromatic carbocycles. The highest BCUT2D eigenvalue weighted by molar-refractivity contribution is 14.1. The molecule has 0 aliphatic heterocycles. The van der Waals surface area contributed by atoms with Gasteiger partial charge in [-0.05, 0) is 59.8 Å². The second kappa shape index (κ2) is 6.64. The van der Waals surface area contributed by atoms with Crippen LogP contribution in [0, 0.1) is 3.57 Å². The molecule has 0 bridgehead atoms. The third kappa shape index (κ3) is 3.63. The van der Waals surface area contributed by atoms with E-state index in [-0.39, 0.29) is 0 Å². The van der Waals surface area contributed by atoms with Gasteiger partial charge in [0.2, 0.25) is 0 Å². The van der Waals surface area contributed by atoms with E-state index < -0.39 is 0 Å². The summed E-state index contributed by atoms with van der Waals surface area (Å²) in [6.07, 6.45) is 0. The lowest BCUT2D eigenvalue weighted by atomic mass is 10.2. The normalized spacial score (nSPS) is 10.1. The topological polar surface area (TPSA) is 21.3 Å². The molecule has 18 heavy (non-hydrogen) atoms. The van der Waals surface area contributed by atoms with Crippen molar-refractivity contribution in [2.75, 3.05) is 11.9 Å². The summed E-state index contributed by atoms with van der Waals surface area (Å²) in [4.78, 5) is 0. The molecule has 0 saturated carbocycles. The Balaban J connectivity index is 2.03. The van der Waals surface area contributed by atoms with Crippen molar-refractivity contribution in [2.45, 2.75) is 13.5 Å². The van der Waals surface area contributed by atoms with Crippen molar-refractivity contribution in [3.05, 3.63) is 57.7 Å². The number of nitrogens with one attached hydrogen (secondary N) is 1.